The van der Waals surface area contributed by atoms with E-state index in [-0.39, 0.29) is 11.8 Å². The van der Waals surface area contributed by atoms with Crippen LogP contribution in [-0.2, 0) is 9.59 Å². The molecule has 2 heteroatoms. The molecule has 0 aliphatic heterocycles. The Hall–Kier alpha value is -1.96. The van der Waals surface area contributed by atoms with Gasteiger partial charge in [-0.05, 0) is 73.0 Å². The van der Waals surface area contributed by atoms with Gasteiger partial charge in [0, 0.05) is 11.8 Å². The molecule has 3 rings (SSSR count). The summed E-state index contributed by atoms with van der Waals surface area (Å²) in [5, 5.41) is 0. The molecule has 0 unspecified atom stereocenters. The molecule has 2 saturated carbocycles. The van der Waals surface area contributed by atoms with Gasteiger partial charge in [-0.2, -0.15) is 0 Å². The zero-order valence-corrected chi connectivity index (χ0v) is 21.7. The van der Waals surface area contributed by atoms with Gasteiger partial charge >= 0.3 is 0 Å². The lowest BCUT2D eigenvalue weighted by atomic mass is 9.97. The Kier molecular flexibility index (Phi) is 11.3. The first-order valence-corrected chi connectivity index (χ1v) is 14.2. The smallest absolute Gasteiger partial charge is 0.161 e. The lowest BCUT2D eigenvalue weighted by Gasteiger charge is -2.07. The fraction of sp³-hybridized carbons (Fsp3) is 0.625. The monoisotopic (exact) mass is 462 g/mol. The first kappa shape index (κ1) is 26.6. The highest BCUT2D eigenvalue weighted by Gasteiger charge is 2.29. The second-order valence-corrected chi connectivity index (χ2v) is 10.6. The van der Waals surface area contributed by atoms with Crippen LogP contribution in [0, 0.1) is 11.8 Å². The molecule has 0 bridgehead atoms. The van der Waals surface area contributed by atoms with E-state index in [4.69, 9.17) is 0 Å². The van der Waals surface area contributed by atoms with Crippen molar-refractivity contribution in [1.29, 1.82) is 0 Å². The molecule has 2 aliphatic carbocycles. The topological polar surface area (TPSA) is 34.1 Å². The van der Waals surface area contributed by atoms with E-state index in [9.17, 15) is 9.59 Å². The van der Waals surface area contributed by atoms with Gasteiger partial charge in [0.15, 0.2) is 11.6 Å². The molecule has 0 spiro atoms. The fourth-order valence-corrected chi connectivity index (χ4v) is 5.61. The number of carbonyl (C=O) groups is 2. The quantitative estimate of drug-likeness (QED) is 0.204. The van der Waals surface area contributed by atoms with E-state index in [1.54, 1.807) is 0 Å². The summed E-state index contributed by atoms with van der Waals surface area (Å²) in [7, 11) is 0. The lowest BCUT2D eigenvalue weighted by Crippen LogP contribution is -2.07. The molecule has 0 radical (unpaired) electrons. The molecular weight excluding hydrogens is 416 g/mol. The zero-order valence-electron chi connectivity index (χ0n) is 21.7. The van der Waals surface area contributed by atoms with E-state index in [0.717, 1.165) is 60.8 Å². The summed E-state index contributed by atoms with van der Waals surface area (Å²) in [6.07, 6.45) is 22.8. The summed E-state index contributed by atoms with van der Waals surface area (Å²) in [6, 6.07) is 8.37. The Morgan fingerprint density at radius 3 is 1.38 bits per heavy atom. The first-order chi connectivity index (χ1) is 16.6. The number of Topliss-reactive ketones (excluding diaryl/α,β-unsaturated/α-hetero) is 2. The van der Waals surface area contributed by atoms with Gasteiger partial charge < -0.3 is 0 Å². The van der Waals surface area contributed by atoms with E-state index in [0.29, 0.717) is 11.6 Å². The summed E-state index contributed by atoms with van der Waals surface area (Å²) < 4.78 is 0. The van der Waals surface area contributed by atoms with Gasteiger partial charge in [0.2, 0.25) is 0 Å². The molecular formula is C32H46O2. The zero-order chi connectivity index (χ0) is 24.2. The summed E-state index contributed by atoms with van der Waals surface area (Å²) >= 11 is 0. The van der Waals surface area contributed by atoms with Gasteiger partial charge in [-0.3, -0.25) is 9.59 Å². The Balaban J connectivity index is 1.48. The van der Waals surface area contributed by atoms with Crippen molar-refractivity contribution >= 4 is 23.7 Å². The van der Waals surface area contributed by atoms with Gasteiger partial charge in [-0.25, -0.2) is 0 Å². The Morgan fingerprint density at radius 1 is 0.618 bits per heavy atom. The molecule has 34 heavy (non-hydrogen) atoms. The Bertz CT molecular complexity index is 771. The molecule has 2 fully saturated rings. The van der Waals surface area contributed by atoms with Crippen LogP contribution >= 0.6 is 0 Å². The number of benzene rings is 1. The number of ketones is 2. The minimum atomic E-state index is 0.241. The number of hydrogen-bond acceptors (Lipinski definition) is 2. The molecule has 1 aromatic carbocycles. The summed E-state index contributed by atoms with van der Waals surface area (Å²) in [5.74, 6) is 1.23. The number of carbonyl (C=O) groups excluding carboxylic acids is 2. The number of allylic oxidation sites excluding steroid dienone is 2. The number of unbranched alkanes of at least 4 members (excludes halogenated alkanes) is 8. The highest BCUT2D eigenvalue weighted by atomic mass is 16.1. The molecule has 0 heterocycles. The highest BCUT2D eigenvalue weighted by Crippen LogP contribution is 2.33. The fourth-order valence-electron chi connectivity index (χ4n) is 5.61. The van der Waals surface area contributed by atoms with Crippen LogP contribution < -0.4 is 0 Å². The standard InChI is InChI=1S/C32H46O2/c1-3-5-7-9-11-13-27-19-21-29(31(27)33)23-25-15-17-26(18-16-25)24-30-22-20-28(32(30)34)14-12-10-8-6-4-2/h15-18,23-24,27-28H,3-14,19-22H2,1-2H3/b29-23+,30-24+/t27-,28-/m1/s1. The molecule has 2 nitrogen and oxygen atoms in total. The second-order valence-electron chi connectivity index (χ2n) is 10.6. The van der Waals surface area contributed by atoms with Crippen molar-refractivity contribution in [3.05, 3.63) is 46.5 Å². The van der Waals surface area contributed by atoms with Crippen LogP contribution in [-0.4, -0.2) is 11.6 Å². The Morgan fingerprint density at radius 2 is 1.00 bits per heavy atom. The first-order valence-electron chi connectivity index (χ1n) is 14.2. The van der Waals surface area contributed by atoms with Crippen LogP contribution in [0.2, 0.25) is 0 Å². The maximum Gasteiger partial charge on any atom is 0.161 e. The SMILES string of the molecule is CCCCCCC[C@@H]1CC/C(=C\c2ccc(/C=C3\CC[C@@H](CCCCCCC)C3=O)cc2)C1=O. The van der Waals surface area contributed by atoms with Crippen LogP contribution in [0.1, 0.15) is 128 Å². The summed E-state index contributed by atoms with van der Waals surface area (Å²) in [6.45, 7) is 4.48. The van der Waals surface area contributed by atoms with Crippen molar-refractivity contribution in [2.45, 2.75) is 117 Å². The van der Waals surface area contributed by atoms with E-state index < -0.39 is 0 Å². The van der Waals surface area contributed by atoms with Crippen LogP contribution in [0.4, 0.5) is 0 Å². The second kappa shape index (κ2) is 14.4. The number of hydrogen-bond donors (Lipinski definition) is 0. The van der Waals surface area contributed by atoms with Gasteiger partial charge in [0.05, 0.1) is 0 Å². The van der Waals surface area contributed by atoms with Crippen molar-refractivity contribution in [1.82, 2.24) is 0 Å². The van der Waals surface area contributed by atoms with E-state index in [2.05, 4.69) is 50.3 Å². The maximum atomic E-state index is 12.8. The average Bonchev–Trinajstić information content (AvgIpc) is 3.37. The van der Waals surface area contributed by atoms with Crippen molar-refractivity contribution in [2.24, 2.45) is 11.8 Å². The third-order valence-electron chi connectivity index (χ3n) is 7.83. The maximum absolute atomic E-state index is 12.8. The van der Waals surface area contributed by atoms with E-state index >= 15 is 0 Å². The third-order valence-corrected chi connectivity index (χ3v) is 7.83. The largest absolute Gasteiger partial charge is 0.294 e. The third kappa shape index (κ3) is 8.07. The minimum absolute atomic E-state index is 0.241. The van der Waals surface area contributed by atoms with Crippen molar-refractivity contribution < 1.29 is 9.59 Å². The molecule has 2 atom stereocenters. The van der Waals surface area contributed by atoms with Crippen LogP contribution in [0.25, 0.3) is 12.2 Å². The minimum Gasteiger partial charge on any atom is -0.294 e. The average molecular weight is 463 g/mol. The van der Waals surface area contributed by atoms with E-state index in [1.807, 2.05) is 0 Å². The number of rotatable bonds is 14. The predicted octanol–water partition coefficient (Wildman–Crippen LogP) is 9.13. The summed E-state index contributed by atoms with van der Waals surface area (Å²) in [5.41, 5.74) is 4.18. The summed E-state index contributed by atoms with van der Waals surface area (Å²) in [4.78, 5) is 25.6. The lowest BCUT2D eigenvalue weighted by molar-refractivity contribution is -0.118. The highest BCUT2D eigenvalue weighted by molar-refractivity contribution is 6.03. The van der Waals surface area contributed by atoms with Crippen LogP contribution in [0.3, 0.4) is 0 Å². The van der Waals surface area contributed by atoms with Gasteiger partial charge in [0.25, 0.3) is 0 Å². The molecule has 186 valence electrons. The van der Waals surface area contributed by atoms with Gasteiger partial charge in [-0.1, -0.05) is 102 Å². The van der Waals surface area contributed by atoms with Crippen molar-refractivity contribution in [3.8, 4) is 0 Å². The molecule has 0 aromatic heterocycles. The molecule has 2 aliphatic rings. The molecule has 0 saturated heterocycles. The van der Waals surface area contributed by atoms with Crippen LogP contribution in [0.15, 0.2) is 35.4 Å². The van der Waals surface area contributed by atoms with Gasteiger partial charge in [0.1, 0.15) is 0 Å². The normalized spacial score (nSPS) is 23.0. The molecule has 0 amide bonds. The predicted molar refractivity (Wildman–Crippen MR) is 145 cm³/mol. The molecule has 0 N–H and O–H groups in total. The van der Waals surface area contributed by atoms with Crippen molar-refractivity contribution in [2.75, 3.05) is 0 Å². The molecule has 1 aromatic rings. The van der Waals surface area contributed by atoms with Gasteiger partial charge in [-0.15, -0.1) is 0 Å². The van der Waals surface area contributed by atoms with E-state index in [1.165, 1.54) is 64.2 Å². The Labute approximate surface area is 208 Å². The van der Waals surface area contributed by atoms with Crippen molar-refractivity contribution in [3.63, 3.8) is 0 Å². The van der Waals surface area contributed by atoms with Crippen LogP contribution in [0.5, 0.6) is 0 Å².